The van der Waals surface area contributed by atoms with Gasteiger partial charge in [-0.2, -0.15) is 0 Å². The van der Waals surface area contributed by atoms with Crippen molar-refractivity contribution in [2.24, 2.45) is 5.92 Å². The zero-order valence-corrected chi connectivity index (χ0v) is 17.8. The lowest BCUT2D eigenvalue weighted by atomic mass is 9.96. The van der Waals surface area contributed by atoms with E-state index < -0.39 is 0 Å². The first-order valence-corrected chi connectivity index (χ1v) is 10.2. The number of benzene rings is 1. The van der Waals surface area contributed by atoms with Gasteiger partial charge in [0.15, 0.2) is 0 Å². The molecular formula is C20H30Cl2N4O2. The summed E-state index contributed by atoms with van der Waals surface area (Å²) in [4.78, 5) is 27.0. The van der Waals surface area contributed by atoms with Crippen molar-refractivity contribution in [2.45, 2.75) is 44.7 Å². The lowest BCUT2D eigenvalue weighted by Gasteiger charge is -2.36. The molecule has 3 rings (SSSR count). The Morgan fingerprint density at radius 3 is 2.86 bits per heavy atom. The predicted octanol–water partition coefficient (Wildman–Crippen LogP) is 2.67. The summed E-state index contributed by atoms with van der Waals surface area (Å²) in [5.41, 5.74) is 0.712. The standard InChI is InChI=1S/C20H29ClN4O2.ClH/c1-14(19(26)24-17-7-2-6-16(21)11-17)25-10-4-5-15(13-25)12-23-20(27)18-8-3-9-22-18;/h2,6-7,11,14-15,18,22H,3-5,8-10,12-13H2,1H3,(H,23,27)(H,24,26);1H. The topological polar surface area (TPSA) is 73.5 Å². The molecule has 2 heterocycles. The molecule has 0 aromatic heterocycles. The maximum absolute atomic E-state index is 12.6. The zero-order chi connectivity index (χ0) is 19.2. The van der Waals surface area contributed by atoms with Crippen LogP contribution in [0, 0.1) is 5.92 Å². The highest BCUT2D eigenvalue weighted by Crippen LogP contribution is 2.20. The van der Waals surface area contributed by atoms with Crippen LogP contribution in [-0.2, 0) is 9.59 Å². The van der Waals surface area contributed by atoms with Crippen molar-refractivity contribution < 1.29 is 9.59 Å². The molecular weight excluding hydrogens is 399 g/mol. The fourth-order valence-electron chi connectivity index (χ4n) is 3.87. The van der Waals surface area contributed by atoms with Crippen molar-refractivity contribution in [3.05, 3.63) is 29.3 Å². The van der Waals surface area contributed by atoms with Crippen LogP contribution in [0.15, 0.2) is 24.3 Å². The van der Waals surface area contributed by atoms with Crippen LogP contribution in [0.2, 0.25) is 5.02 Å². The second-order valence-electron chi connectivity index (χ2n) is 7.57. The highest BCUT2D eigenvalue weighted by Gasteiger charge is 2.28. The molecule has 3 N–H and O–H groups in total. The number of rotatable bonds is 6. The third-order valence-corrected chi connectivity index (χ3v) is 5.75. The third kappa shape index (κ3) is 6.34. The Kier molecular flexibility index (Phi) is 9.02. The average molecular weight is 429 g/mol. The minimum Gasteiger partial charge on any atom is -0.354 e. The number of likely N-dealkylation sites (tertiary alicyclic amines) is 1. The number of halogens is 2. The van der Waals surface area contributed by atoms with Gasteiger partial charge in [-0.3, -0.25) is 14.5 Å². The molecule has 28 heavy (non-hydrogen) atoms. The Morgan fingerprint density at radius 1 is 1.32 bits per heavy atom. The van der Waals surface area contributed by atoms with Gasteiger partial charge in [0, 0.05) is 23.8 Å². The van der Waals surface area contributed by atoms with Crippen LogP contribution in [0.1, 0.15) is 32.6 Å². The zero-order valence-electron chi connectivity index (χ0n) is 16.2. The lowest BCUT2D eigenvalue weighted by molar-refractivity contribution is -0.124. The van der Waals surface area contributed by atoms with Crippen molar-refractivity contribution in [1.82, 2.24) is 15.5 Å². The van der Waals surface area contributed by atoms with Crippen LogP contribution in [0.5, 0.6) is 0 Å². The van der Waals surface area contributed by atoms with Crippen molar-refractivity contribution in [3.8, 4) is 0 Å². The minimum absolute atomic E-state index is 0. The largest absolute Gasteiger partial charge is 0.354 e. The van der Waals surface area contributed by atoms with E-state index in [2.05, 4.69) is 20.9 Å². The summed E-state index contributed by atoms with van der Waals surface area (Å²) in [6.07, 6.45) is 4.10. The van der Waals surface area contributed by atoms with E-state index in [9.17, 15) is 9.59 Å². The summed E-state index contributed by atoms with van der Waals surface area (Å²) >= 11 is 5.98. The maximum atomic E-state index is 12.6. The third-order valence-electron chi connectivity index (χ3n) is 5.51. The molecule has 1 aromatic rings. The van der Waals surface area contributed by atoms with E-state index >= 15 is 0 Å². The highest BCUT2D eigenvalue weighted by atomic mass is 35.5. The summed E-state index contributed by atoms with van der Waals surface area (Å²) in [6, 6.07) is 6.93. The van der Waals surface area contributed by atoms with E-state index in [0.29, 0.717) is 23.2 Å². The minimum atomic E-state index is -0.223. The average Bonchev–Trinajstić information content (AvgIpc) is 3.20. The van der Waals surface area contributed by atoms with Gasteiger partial charge in [-0.25, -0.2) is 0 Å². The van der Waals surface area contributed by atoms with Crippen LogP contribution in [0.3, 0.4) is 0 Å². The fourth-order valence-corrected chi connectivity index (χ4v) is 4.06. The van der Waals surface area contributed by atoms with E-state index in [1.165, 1.54) is 0 Å². The maximum Gasteiger partial charge on any atom is 0.241 e. The summed E-state index contributed by atoms with van der Waals surface area (Å²) in [7, 11) is 0. The summed E-state index contributed by atoms with van der Waals surface area (Å²) in [6.45, 7) is 5.26. The molecule has 2 aliphatic rings. The molecule has 0 aliphatic carbocycles. The second-order valence-corrected chi connectivity index (χ2v) is 8.01. The molecule has 0 spiro atoms. The number of anilines is 1. The molecule has 2 aliphatic heterocycles. The van der Waals surface area contributed by atoms with E-state index in [4.69, 9.17) is 11.6 Å². The van der Waals surface area contributed by atoms with E-state index in [0.717, 1.165) is 45.3 Å². The van der Waals surface area contributed by atoms with Gasteiger partial charge in [-0.05, 0) is 69.8 Å². The summed E-state index contributed by atoms with van der Waals surface area (Å²) in [5, 5.41) is 9.86. The quantitative estimate of drug-likeness (QED) is 0.650. The van der Waals surface area contributed by atoms with Crippen LogP contribution in [0.25, 0.3) is 0 Å². The van der Waals surface area contributed by atoms with E-state index in [1.807, 2.05) is 19.1 Å². The van der Waals surface area contributed by atoms with Gasteiger partial charge in [-0.1, -0.05) is 17.7 Å². The first-order valence-electron chi connectivity index (χ1n) is 9.84. The molecule has 2 amide bonds. The SMILES string of the molecule is CC(C(=O)Nc1cccc(Cl)c1)N1CCCC(CNC(=O)C2CCCN2)C1.Cl. The van der Waals surface area contributed by atoms with Crippen LogP contribution in [0.4, 0.5) is 5.69 Å². The smallest absolute Gasteiger partial charge is 0.241 e. The van der Waals surface area contributed by atoms with Crippen molar-refractivity contribution in [3.63, 3.8) is 0 Å². The number of nitrogens with one attached hydrogen (secondary N) is 3. The van der Waals surface area contributed by atoms with Crippen molar-refractivity contribution in [1.29, 1.82) is 0 Å². The number of carbonyl (C=O) groups is 2. The second kappa shape index (κ2) is 11.0. The normalized spacial score (nSPS) is 23.5. The lowest BCUT2D eigenvalue weighted by Crippen LogP contribution is -2.50. The number of carbonyl (C=O) groups excluding carboxylic acids is 2. The number of piperidine rings is 1. The Hall–Kier alpha value is -1.34. The fraction of sp³-hybridized carbons (Fsp3) is 0.600. The first kappa shape index (κ1) is 22.9. The van der Waals surface area contributed by atoms with Gasteiger partial charge in [0.1, 0.15) is 0 Å². The Labute approximate surface area is 178 Å². The van der Waals surface area contributed by atoms with Crippen LogP contribution < -0.4 is 16.0 Å². The van der Waals surface area contributed by atoms with Gasteiger partial charge in [0.2, 0.25) is 11.8 Å². The molecule has 156 valence electrons. The van der Waals surface area contributed by atoms with E-state index in [1.54, 1.807) is 12.1 Å². The van der Waals surface area contributed by atoms with Gasteiger partial charge in [0.05, 0.1) is 12.1 Å². The Balaban J connectivity index is 0.00000280. The molecule has 3 unspecified atom stereocenters. The summed E-state index contributed by atoms with van der Waals surface area (Å²) in [5.74, 6) is 0.457. The molecule has 0 bridgehead atoms. The highest BCUT2D eigenvalue weighted by molar-refractivity contribution is 6.30. The molecule has 2 saturated heterocycles. The summed E-state index contributed by atoms with van der Waals surface area (Å²) < 4.78 is 0. The molecule has 3 atom stereocenters. The predicted molar refractivity (Wildman–Crippen MR) is 115 cm³/mol. The first-order chi connectivity index (χ1) is 13.0. The van der Waals surface area contributed by atoms with Crippen LogP contribution >= 0.6 is 24.0 Å². The molecule has 8 heteroatoms. The Morgan fingerprint density at radius 2 is 2.14 bits per heavy atom. The number of nitrogens with zero attached hydrogens (tertiary/aromatic N) is 1. The van der Waals surface area contributed by atoms with E-state index in [-0.39, 0.29) is 36.3 Å². The van der Waals surface area contributed by atoms with Gasteiger partial charge in [-0.15, -0.1) is 12.4 Å². The molecule has 0 radical (unpaired) electrons. The van der Waals surface area contributed by atoms with Gasteiger partial charge >= 0.3 is 0 Å². The molecule has 2 fully saturated rings. The van der Waals surface area contributed by atoms with Gasteiger partial charge < -0.3 is 16.0 Å². The monoisotopic (exact) mass is 428 g/mol. The number of hydrogen-bond donors (Lipinski definition) is 3. The molecule has 6 nitrogen and oxygen atoms in total. The van der Waals surface area contributed by atoms with Gasteiger partial charge in [0.25, 0.3) is 0 Å². The Bertz CT molecular complexity index is 667. The number of hydrogen-bond acceptors (Lipinski definition) is 4. The van der Waals surface area contributed by atoms with Crippen molar-refractivity contribution in [2.75, 3.05) is 31.5 Å². The number of amides is 2. The molecule has 1 aromatic carbocycles. The molecule has 0 saturated carbocycles. The van der Waals surface area contributed by atoms with Crippen molar-refractivity contribution >= 4 is 41.5 Å². The van der Waals surface area contributed by atoms with Crippen LogP contribution in [-0.4, -0.2) is 55.0 Å².